The number of nitrogens with one attached hydrogen (secondary N) is 1. The summed E-state index contributed by atoms with van der Waals surface area (Å²) < 4.78 is 10.7. The van der Waals surface area contributed by atoms with Crippen LogP contribution in [0, 0.1) is 0 Å². The Morgan fingerprint density at radius 1 is 1.31 bits per heavy atom. The predicted molar refractivity (Wildman–Crippen MR) is 61.4 cm³/mol. The van der Waals surface area contributed by atoms with Crippen LogP contribution in [-0.4, -0.2) is 49.7 Å². The molecular formula is C12H23NO3. The molecule has 4 heteroatoms. The first-order chi connectivity index (χ1) is 7.78. The van der Waals surface area contributed by atoms with E-state index in [1.165, 1.54) is 12.8 Å². The van der Waals surface area contributed by atoms with Crippen molar-refractivity contribution in [3.63, 3.8) is 0 Å². The highest BCUT2D eigenvalue weighted by Gasteiger charge is 2.42. The normalized spacial score (nSPS) is 34.5. The van der Waals surface area contributed by atoms with Crippen LogP contribution in [0.2, 0.25) is 0 Å². The van der Waals surface area contributed by atoms with Crippen molar-refractivity contribution in [3.8, 4) is 0 Å². The van der Waals surface area contributed by atoms with E-state index in [1.54, 1.807) is 7.11 Å². The first kappa shape index (κ1) is 12.3. The molecule has 2 aliphatic rings. The van der Waals surface area contributed by atoms with Gasteiger partial charge in [0.25, 0.3) is 0 Å². The van der Waals surface area contributed by atoms with Crippen LogP contribution in [0.15, 0.2) is 0 Å². The molecule has 94 valence electrons. The van der Waals surface area contributed by atoms with E-state index in [1.807, 2.05) is 0 Å². The summed E-state index contributed by atoms with van der Waals surface area (Å²) in [5.41, 5.74) is -0.0705. The third kappa shape index (κ3) is 3.17. The van der Waals surface area contributed by atoms with Crippen molar-refractivity contribution in [3.05, 3.63) is 0 Å². The van der Waals surface area contributed by atoms with Gasteiger partial charge >= 0.3 is 0 Å². The van der Waals surface area contributed by atoms with Crippen molar-refractivity contribution in [2.75, 3.05) is 26.9 Å². The van der Waals surface area contributed by atoms with Gasteiger partial charge in [-0.1, -0.05) is 0 Å². The lowest BCUT2D eigenvalue weighted by Gasteiger charge is -2.28. The predicted octanol–water partition coefficient (Wildman–Crippen LogP) is 0.685. The van der Waals surface area contributed by atoms with Gasteiger partial charge < -0.3 is 19.9 Å². The second kappa shape index (κ2) is 5.45. The van der Waals surface area contributed by atoms with Crippen LogP contribution in [0.25, 0.3) is 0 Å². The van der Waals surface area contributed by atoms with E-state index in [0.29, 0.717) is 19.3 Å². The quantitative estimate of drug-likeness (QED) is 0.631. The average Bonchev–Trinajstić information content (AvgIpc) is 3.00. The highest BCUT2D eigenvalue weighted by Crippen LogP contribution is 2.35. The summed E-state index contributed by atoms with van der Waals surface area (Å²) in [6.07, 6.45) is 5.81. The zero-order chi connectivity index (χ0) is 11.4. The summed E-state index contributed by atoms with van der Waals surface area (Å²) >= 11 is 0. The molecule has 2 N–H and O–H groups in total. The fraction of sp³-hybridized carbons (Fsp3) is 1.00. The number of methoxy groups -OCH3 is 1. The van der Waals surface area contributed by atoms with E-state index in [0.717, 1.165) is 19.3 Å². The maximum absolute atomic E-state index is 9.54. The van der Waals surface area contributed by atoms with Crippen molar-refractivity contribution >= 4 is 0 Å². The SMILES string of the molecule is COCCOC1CCC(CO)(NC2CC2)C1. The molecule has 2 saturated carbocycles. The second-order valence-electron chi connectivity index (χ2n) is 5.09. The van der Waals surface area contributed by atoms with Gasteiger partial charge in [0.2, 0.25) is 0 Å². The number of rotatable bonds is 7. The molecular weight excluding hydrogens is 206 g/mol. The Bertz CT molecular complexity index is 220. The minimum Gasteiger partial charge on any atom is -0.394 e. The van der Waals surface area contributed by atoms with Crippen LogP contribution in [-0.2, 0) is 9.47 Å². The highest BCUT2D eigenvalue weighted by atomic mass is 16.5. The molecule has 16 heavy (non-hydrogen) atoms. The van der Waals surface area contributed by atoms with E-state index in [9.17, 15) is 5.11 Å². The maximum Gasteiger partial charge on any atom is 0.0704 e. The molecule has 0 heterocycles. The first-order valence-corrected chi connectivity index (χ1v) is 6.27. The van der Waals surface area contributed by atoms with E-state index in [2.05, 4.69) is 5.32 Å². The third-order valence-electron chi connectivity index (χ3n) is 3.59. The molecule has 0 aromatic heterocycles. The minimum absolute atomic E-state index is 0.0705. The van der Waals surface area contributed by atoms with Crippen LogP contribution in [0.3, 0.4) is 0 Å². The van der Waals surface area contributed by atoms with E-state index in [4.69, 9.17) is 9.47 Å². The number of aliphatic hydroxyl groups is 1. The van der Waals surface area contributed by atoms with Crippen LogP contribution < -0.4 is 5.32 Å². The maximum atomic E-state index is 9.54. The number of aliphatic hydroxyl groups excluding tert-OH is 1. The third-order valence-corrected chi connectivity index (χ3v) is 3.59. The second-order valence-corrected chi connectivity index (χ2v) is 5.09. The fourth-order valence-electron chi connectivity index (χ4n) is 2.50. The summed E-state index contributed by atoms with van der Waals surface area (Å²) in [6.45, 7) is 1.54. The van der Waals surface area contributed by atoms with Gasteiger partial charge in [-0.3, -0.25) is 0 Å². The highest BCUT2D eigenvalue weighted by molar-refractivity contribution is 5.01. The van der Waals surface area contributed by atoms with Crippen molar-refractivity contribution in [2.45, 2.75) is 49.8 Å². The summed E-state index contributed by atoms with van der Waals surface area (Å²) in [4.78, 5) is 0. The van der Waals surface area contributed by atoms with E-state index in [-0.39, 0.29) is 18.2 Å². The molecule has 2 rings (SSSR count). The van der Waals surface area contributed by atoms with Gasteiger partial charge in [0.15, 0.2) is 0 Å². The van der Waals surface area contributed by atoms with Crippen LogP contribution in [0.4, 0.5) is 0 Å². The van der Waals surface area contributed by atoms with Crippen LogP contribution >= 0.6 is 0 Å². The molecule has 4 nitrogen and oxygen atoms in total. The minimum atomic E-state index is -0.0705. The number of hydrogen-bond donors (Lipinski definition) is 2. The van der Waals surface area contributed by atoms with Gasteiger partial charge in [-0.2, -0.15) is 0 Å². The van der Waals surface area contributed by atoms with Crippen molar-refractivity contribution in [1.29, 1.82) is 0 Å². The number of ether oxygens (including phenoxy) is 2. The van der Waals surface area contributed by atoms with Crippen molar-refractivity contribution < 1.29 is 14.6 Å². The molecule has 0 aromatic rings. The largest absolute Gasteiger partial charge is 0.394 e. The zero-order valence-corrected chi connectivity index (χ0v) is 10.1. The van der Waals surface area contributed by atoms with Gasteiger partial charge in [-0.15, -0.1) is 0 Å². The van der Waals surface area contributed by atoms with Crippen LogP contribution in [0.5, 0.6) is 0 Å². The Morgan fingerprint density at radius 3 is 2.75 bits per heavy atom. The molecule has 0 radical (unpaired) electrons. The molecule has 2 aliphatic carbocycles. The molecule has 2 unspecified atom stereocenters. The van der Waals surface area contributed by atoms with Gasteiger partial charge in [0, 0.05) is 18.7 Å². The monoisotopic (exact) mass is 229 g/mol. The molecule has 0 aliphatic heterocycles. The standard InChI is InChI=1S/C12H23NO3/c1-15-6-7-16-11-4-5-12(8-11,9-14)13-10-2-3-10/h10-11,13-14H,2-9H2,1H3. The van der Waals surface area contributed by atoms with E-state index < -0.39 is 0 Å². The molecule has 0 amide bonds. The molecule has 2 fully saturated rings. The first-order valence-electron chi connectivity index (χ1n) is 6.27. The molecule has 0 aromatic carbocycles. The van der Waals surface area contributed by atoms with Crippen molar-refractivity contribution in [1.82, 2.24) is 5.32 Å². The Balaban J connectivity index is 1.74. The molecule has 0 saturated heterocycles. The van der Waals surface area contributed by atoms with Gasteiger partial charge in [-0.25, -0.2) is 0 Å². The van der Waals surface area contributed by atoms with E-state index >= 15 is 0 Å². The summed E-state index contributed by atoms with van der Waals surface area (Å²) in [5.74, 6) is 0. The topological polar surface area (TPSA) is 50.7 Å². The van der Waals surface area contributed by atoms with Gasteiger partial charge in [-0.05, 0) is 32.1 Å². The number of hydrogen-bond acceptors (Lipinski definition) is 4. The molecule has 2 atom stereocenters. The lowest BCUT2D eigenvalue weighted by Crippen LogP contribution is -2.48. The Labute approximate surface area is 97.3 Å². The fourth-order valence-corrected chi connectivity index (χ4v) is 2.50. The lowest BCUT2D eigenvalue weighted by molar-refractivity contribution is 0.0142. The smallest absolute Gasteiger partial charge is 0.0704 e. The average molecular weight is 229 g/mol. The molecule has 0 bridgehead atoms. The van der Waals surface area contributed by atoms with Crippen molar-refractivity contribution in [2.24, 2.45) is 0 Å². The Kier molecular flexibility index (Phi) is 4.19. The summed E-state index contributed by atoms with van der Waals surface area (Å²) in [7, 11) is 1.69. The molecule has 0 spiro atoms. The van der Waals surface area contributed by atoms with Crippen LogP contribution in [0.1, 0.15) is 32.1 Å². The summed E-state index contributed by atoms with van der Waals surface area (Å²) in [5, 5.41) is 13.1. The van der Waals surface area contributed by atoms with Gasteiger partial charge in [0.05, 0.1) is 25.9 Å². The zero-order valence-electron chi connectivity index (χ0n) is 10.1. The lowest BCUT2D eigenvalue weighted by atomic mass is 9.98. The Hall–Kier alpha value is -0.160. The Morgan fingerprint density at radius 2 is 2.12 bits per heavy atom. The summed E-state index contributed by atoms with van der Waals surface area (Å²) in [6, 6.07) is 0.643. The van der Waals surface area contributed by atoms with Gasteiger partial charge in [0.1, 0.15) is 0 Å².